The predicted octanol–water partition coefficient (Wildman–Crippen LogP) is 3.39. The maximum absolute atomic E-state index is 4.30. The minimum atomic E-state index is 1.04. The molecule has 4 rings (SSSR count). The number of hydrogen-bond acceptors (Lipinski definition) is 4. The number of rotatable bonds is 0. The highest BCUT2D eigenvalue weighted by molar-refractivity contribution is 7.25. The second-order valence-electron chi connectivity index (χ2n) is 3.91. The third-order valence-corrected chi connectivity index (χ3v) is 3.99. The molecule has 0 saturated carbocycles. The molecule has 4 aromatic rings. The molecule has 0 amide bonds. The summed E-state index contributed by atoms with van der Waals surface area (Å²) in [7, 11) is 0. The van der Waals surface area contributed by atoms with Gasteiger partial charge in [0.05, 0.1) is 0 Å². The van der Waals surface area contributed by atoms with Crippen molar-refractivity contribution in [2.24, 2.45) is 0 Å². The number of aromatic nitrogens is 3. The normalized spacial score (nSPS) is 11.5. The van der Waals surface area contributed by atoms with Gasteiger partial charge in [-0.05, 0) is 23.6 Å². The third-order valence-electron chi connectivity index (χ3n) is 2.91. The van der Waals surface area contributed by atoms with Crippen molar-refractivity contribution in [3.63, 3.8) is 0 Å². The van der Waals surface area contributed by atoms with Crippen molar-refractivity contribution in [1.82, 2.24) is 15.0 Å². The molecule has 0 fully saturated rings. The Morgan fingerprint density at radius 1 is 0.941 bits per heavy atom. The predicted molar refractivity (Wildman–Crippen MR) is 70.2 cm³/mol. The van der Waals surface area contributed by atoms with Crippen LogP contribution in [-0.4, -0.2) is 15.0 Å². The van der Waals surface area contributed by atoms with E-state index in [1.807, 2.05) is 24.7 Å². The van der Waals surface area contributed by atoms with Gasteiger partial charge in [-0.3, -0.25) is 4.98 Å². The molecule has 3 aromatic heterocycles. The lowest BCUT2D eigenvalue weighted by atomic mass is 10.1. The molecule has 0 unspecified atom stereocenters. The minimum absolute atomic E-state index is 1.04. The van der Waals surface area contributed by atoms with Crippen LogP contribution in [0.3, 0.4) is 0 Å². The van der Waals surface area contributed by atoms with E-state index in [-0.39, 0.29) is 0 Å². The van der Waals surface area contributed by atoms with Gasteiger partial charge in [0.15, 0.2) is 0 Å². The van der Waals surface area contributed by atoms with Crippen LogP contribution >= 0.6 is 11.3 Å². The van der Waals surface area contributed by atoms with E-state index < -0.39 is 0 Å². The second kappa shape index (κ2) is 3.21. The molecule has 0 aliphatic carbocycles. The average Bonchev–Trinajstić information content (AvgIpc) is 2.73. The molecule has 17 heavy (non-hydrogen) atoms. The molecule has 80 valence electrons. The zero-order valence-electron chi connectivity index (χ0n) is 8.79. The van der Waals surface area contributed by atoms with Crippen molar-refractivity contribution < 1.29 is 0 Å². The van der Waals surface area contributed by atoms with Crippen molar-refractivity contribution in [2.75, 3.05) is 0 Å². The van der Waals surface area contributed by atoms with Gasteiger partial charge in [-0.2, -0.15) is 0 Å². The lowest BCUT2D eigenvalue weighted by Gasteiger charge is -1.96. The minimum Gasteiger partial charge on any atom is -0.264 e. The molecule has 0 spiro atoms. The fraction of sp³-hybridized carbons (Fsp3) is 0. The monoisotopic (exact) mass is 237 g/mol. The quantitative estimate of drug-likeness (QED) is 0.470. The van der Waals surface area contributed by atoms with Crippen LogP contribution < -0.4 is 0 Å². The van der Waals surface area contributed by atoms with E-state index in [4.69, 9.17) is 0 Å². The van der Waals surface area contributed by atoms with Gasteiger partial charge in [-0.1, -0.05) is 0 Å². The summed E-state index contributed by atoms with van der Waals surface area (Å²) in [4.78, 5) is 13.6. The number of pyridine rings is 1. The number of benzene rings is 1. The van der Waals surface area contributed by atoms with Crippen molar-refractivity contribution in [3.8, 4) is 0 Å². The van der Waals surface area contributed by atoms with Gasteiger partial charge >= 0.3 is 0 Å². The first-order valence-corrected chi connectivity index (χ1v) is 6.09. The van der Waals surface area contributed by atoms with Crippen LogP contribution in [0.1, 0.15) is 0 Å². The average molecular weight is 237 g/mol. The molecular weight excluding hydrogens is 230 g/mol. The molecule has 0 N–H and O–H groups in total. The highest BCUT2D eigenvalue weighted by Crippen LogP contribution is 2.34. The van der Waals surface area contributed by atoms with E-state index in [2.05, 4.69) is 27.1 Å². The van der Waals surface area contributed by atoms with E-state index in [0.29, 0.717) is 0 Å². The van der Waals surface area contributed by atoms with Gasteiger partial charge in [0, 0.05) is 39.4 Å². The number of thiophene rings is 1. The molecular formula is C13H7N3S. The first-order valence-electron chi connectivity index (χ1n) is 5.28. The molecule has 1 aromatic carbocycles. The fourth-order valence-corrected chi connectivity index (χ4v) is 3.14. The smallest absolute Gasteiger partial charge is 0.127 e. The molecule has 0 aliphatic rings. The van der Waals surface area contributed by atoms with Gasteiger partial charge in [-0.25, -0.2) is 9.97 Å². The Morgan fingerprint density at radius 3 is 2.94 bits per heavy atom. The van der Waals surface area contributed by atoms with Gasteiger partial charge in [-0.15, -0.1) is 11.3 Å². The van der Waals surface area contributed by atoms with Crippen LogP contribution in [0.25, 0.3) is 31.1 Å². The van der Waals surface area contributed by atoms with Crippen molar-refractivity contribution in [3.05, 3.63) is 43.1 Å². The van der Waals surface area contributed by atoms with Crippen LogP contribution in [0.2, 0.25) is 0 Å². The number of fused-ring (bicyclic) bond motifs is 4. The first-order chi connectivity index (χ1) is 8.42. The summed E-state index contributed by atoms with van der Waals surface area (Å²) < 4.78 is 1.24. The fourth-order valence-electron chi connectivity index (χ4n) is 2.10. The Morgan fingerprint density at radius 2 is 1.94 bits per heavy atom. The lowest BCUT2D eigenvalue weighted by Crippen LogP contribution is -1.76. The zero-order chi connectivity index (χ0) is 11.2. The van der Waals surface area contributed by atoms with Crippen molar-refractivity contribution in [1.29, 1.82) is 0 Å². The molecule has 0 saturated heterocycles. The Labute approximate surface area is 101 Å². The summed E-state index contributed by atoms with van der Waals surface area (Å²) in [6.45, 7) is 0. The molecule has 0 bridgehead atoms. The summed E-state index contributed by atoms with van der Waals surface area (Å²) >= 11 is 1.70. The topological polar surface area (TPSA) is 38.7 Å². The summed E-state index contributed by atoms with van der Waals surface area (Å²) in [6, 6.07) is 6.39. The number of hydrogen-bond donors (Lipinski definition) is 0. The van der Waals surface area contributed by atoms with E-state index in [0.717, 1.165) is 10.2 Å². The standard InChI is InChI=1S/C13H7N3S/c1-2-14-5-9-4-12-10(3-8(1)9)11-6-15-7-16-13(11)17-12/h1-7H. The highest BCUT2D eigenvalue weighted by atomic mass is 32.1. The summed E-state index contributed by atoms with van der Waals surface area (Å²) in [5.41, 5.74) is 0. The number of nitrogens with zero attached hydrogens (tertiary/aromatic N) is 3. The Balaban J connectivity index is 2.28. The van der Waals surface area contributed by atoms with Gasteiger partial charge < -0.3 is 0 Å². The van der Waals surface area contributed by atoms with Crippen molar-refractivity contribution >= 4 is 42.4 Å². The van der Waals surface area contributed by atoms with E-state index in [1.54, 1.807) is 17.7 Å². The first kappa shape index (κ1) is 9.01. The highest BCUT2D eigenvalue weighted by Gasteiger charge is 2.06. The summed E-state index contributed by atoms with van der Waals surface area (Å²) in [6.07, 6.45) is 7.19. The maximum atomic E-state index is 4.30. The Kier molecular flexibility index (Phi) is 1.70. The molecule has 0 atom stereocenters. The van der Waals surface area contributed by atoms with Crippen LogP contribution in [0.15, 0.2) is 43.1 Å². The molecule has 0 aliphatic heterocycles. The van der Waals surface area contributed by atoms with E-state index >= 15 is 0 Å². The van der Waals surface area contributed by atoms with Crippen LogP contribution in [0.5, 0.6) is 0 Å². The second-order valence-corrected chi connectivity index (χ2v) is 4.95. The third kappa shape index (κ3) is 1.24. The zero-order valence-corrected chi connectivity index (χ0v) is 9.61. The van der Waals surface area contributed by atoms with E-state index in [9.17, 15) is 0 Å². The maximum Gasteiger partial charge on any atom is 0.127 e. The molecule has 0 radical (unpaired) electrons. The molecule has 4 heteroatoms. The SMILES string of the molecule is c1cc2cc3c(cc2cn1)sc1ncncc13. The Hall–Kier alpha value is -2.07. The van der Waals surface area contributed by atoms with E-state index in [1.165, 1.54) is 20.9 Å². The van der Waals surface area contributed by atoms with Crippen LogP contribution in [0, 0.1) is 0 Å². The van der Waals surface area contributed by atoms with Gasteiger partial charge in [0.2, 0.25) is 0 Å². The van der Waals surface area contributed by atoms with Crippen molar-refractivity contribution in [2.45, 2.75) is 0 Å². The molecule has 3 heterocycles. The van der Waals surface area contributed by atoms with Gasteiger partial charge in [0.1, 0.15) is 11.2 Å². The largest absolute Gasteiger partial charge is 0.264 e. The summed E-state index contributed by atoms with van der Waals surface area (Å²) in [5, 5.41) is 4.73. The molecule has 3 nitrogen and oxygen atoms in total. The van der Waals surface area contributed by atoms with Gasteiger partial charge in [0.25, 0.3) is 0 Å². The summed E-state index contributed by atoms with van der Waals surface area (Å²) in [5.74, 6) is 0. The lowest BCUT2D eigenvalue weighted by molar-refractivity contribution is 1.24. The Bertz CT molecular complexity index is 845. The van der Waals surface area contributed by atoms with Crippen LogP contribution in [0.4, 0.5) is 0 Å². The van der Waals surface area contributed by atoms with Crippen LogP contribution in [-0.2, 0) is 0 Å².